The number of piperidine rings is 1. The summed E-state index contributed by atoms with van der Waals surface area (Å²) >= 11 is 6.17. The summed E-state index contributed by atoms with van der Waals surface area (Å²) in [5, 5.41) is 0.546. The number of ketones is 1. The minimum Gasteiger partial charge on any atom is -0.371 e. The first-order chi connectivity index (χ1) is 8.99. The van der Waals surface area contributed by atoms with Gasteiger partial charge in [-0.1, -0.05) is 11.6 Å². The van der Waals surface area contributed by atoms with Crippen LogP contribution in [0.15, 0.2) is 18.2 Å². The van der Waals surface area contributed by atoms with Crippen LogP contribution in [0.25, 0.3) is 0 Å². The first-order valence-electron chi connectivity index (χ1n) is 6.71. The summed E-state index contributed by atoms with van der Waals surface area (Å²) in [5.41, 5.74) is 1.69. The van der Waals surface area contributed by atoms with Crippen molar-refractivity contribution >= 4 is 23.1 Å². The highest BCUT2D eigenvalue weighted by atomic mass is 35.5. The molecule has 0 unspecified atom stereocenters. The molecule has 0 bridgehead atoms. The monoisotopic (exact) mass is 280 g/mol. The zero-order valence-electron chi connectivity index (χ0n) is 11.8. The van der Waals surface area contributed by atoms with Crippen LogP contribution in [0.1, 0.15) is 30.1 Å². The Balaban J connectivity index is 2.13. The number of Topliss-reactive ketones (excluding diaryl/α,β-unsaturated/α-hetero) is 1. The molecule has 1 heterocycles. The Bertz CT molecular complexity index is 467. The average molecular weight is 281 g/mol. The van der Waals surface area contributed by atoms with Gasteiger partial charge < -0.3 is 9.80 Å². The standard InChI is InChI=1S/C15H21ClN2O/c1-11(19)14-5-4-13(10-15(14)16)18(3)12-6-8-17(2)9-7-12/h4-5,10,12H,6-9H2,1-3H3. The fourth-order valence-electron chi connectivity index (χ4n) is 2.60. The molecule has 1 fully saturated rings. The second-order valence-corrected chi connectivity index (χ2v) is 5.77. The number of benzene rings is 1. The van der Waals surface area contributed by atoms with Gasteiger partial charge in [0.25, 0.3) is 0 Å². The summed E-state index contributed by atoms with van der Waals surface area (Å²) in [7, 11) is 4.27. The van der Waals surface area contributed by atoms with Crippen molar-refractivity contribution in [2.24, 2.45) is 0 Å². The van der Waals surface area contributed by atoms with Gasteiger partial charge in [-0.25, -0.2) is 0 Å². The highest BCUT2D eigenvalue weighted by molar-refractivity contribution is 6.34. The second kappa shape index (κ2) is 5.93. The molecule has 1 aromatic rings. The molecule has 1 aliphatic heterocycles. The van der Waals surface area contributed by atoms with Crippen LogP contribution in [0.5, 0.6) is 0 Å². The Morgan fingerprint density at radius 3 is 2.53 bits per heavy atom. The zero-order valence-corrected chi connectivity index (χ0v) is 12.6. The molecule has 0 spiro atoms. The molecule has 0 saturated carbocycles. The van der Waals surface area contributed by atoms with E-state index in [1.807, 2.05) is 18.2 Å². The number of halogens is 1. The summed E-state index contributed by atoms with van der Waals surface area (Å²) in [4.78, 5) is 16.0. The molecule has 0 aromatic heterocycles. The highest BCUT2D eigenvalue weighted by Crippen LogP contribution is 2.27. The summed E-state index contributed by atoms with van der Waals surface area (Å²) in [6, 6.07) is 6.26. The Morgan fingerprint density at radius 1 is 1.37 bits per heavy atom. The predicted octanol–water partition coefficient (Wildman–Crippen LogP) is 3.07. The topological polar surface area (TPSA) is 23.6 Å². The van der Waals surface area contributed by atoms with Crippen molar-refractivity contribution in [2.45, 2.75) is 25.8 Å². The number of nitrogens with zero attached hydrogens (tertiary/aromatic N) is 2. The van der Waals surface area contributed by atoms with Gasteiger partial charge in [0, 0.05) is 24.3 Å². The predicted molar refractivity (Wildman–Crippen MR) is 80.4 cm³/mol. The molecule has 104 valence electrons. The molecule has 4 heteroatoms. The molecular weight excluding hydrogens is 260 g/mol. The Morgan fingerprint density at radius 2 is 2.00 bits per heavy atom. The van der Waals surface area contributed by atoms with E-state index < -0.39 is 0 Å². The lowest BCUT2D eigenvalue weighted by Gasteiger charge is -2.36. The van der Waals surface area contributed by atoms with E-state index in [9.17, 15) is 4.79 Å². The maximum atomic E-state index is 11.4. The lowest BCUT2D eigenvalue weighted by Crippen LogP contribution is -2.42. The molecule has 1 saturated heterocycles. The van der Waals surface area contributed by atoms with Crippen molar-refractivity contribution in [1.29, 1.82) is 0 Å². The highest BCUT2D eigenvalue weighted by Gasteiger charge is 2.21. The van der Waals surface area contributed by atoms with Crippen molar-refractivity contribution in [3.63, 3.8) is 0 Å². The first kappa shape index (κ1) is 14.4. The summed E-state index contributed by atoms with van der Waals surface area (Å²) in [6.07, 6.45) is 2.33. The van der Waals surface area contributed by atoms with Gasteiger partial charge in [-0.2, -0.15) is 0 Å². The van der Waals surface area contributed by atoms with Gasteiger partial charge >= 0.3 is 0 Å². The third-order valence-corrected chi connectivity index (χ3v) is 4.29. The van der Waals surface area contributed by atoms with Gasteiger partial charge in [-0.15, -0.1) is 0 Å². The molecule has 0 radical (unpaired) electrons. The Hall–Kier alpha value is -1.06. The van der Waals surface area contributed by atoms with Gasteiger partial charge in [0.05, 0.1) is 5.02 Å². The SMILES string of the molecule is CC(=O)c1ccc(N(C)C2CCN(C)CC2)cc1Cl. The molecule has 1 aromatic carbocycles. The summed E-state index contributed by atoms with van der Waals surface area (Å²) in [5.74, 6) is 0.0125. The van der Waals surface area contributed by atoms with Crippen molar-refractivity contribution in [3.8, 4) is 0 Å². The number of rotatable bonds is 3. The third-order valence-electron chi connectivity index (χ3n) is 3.98. The fourth-order valence-corrected chi connectivity index (χ4v) is 2.91. The van der Waals surface area contributed by atoms with Gasteiger partial charge in [0.15, 0.2) is 5.78 Å². The van der Waals surface area contributed by atoms with Crippen LogP contribution in [-0.4, -0.2) is 43.9 Å². The van der Waals surface area contributed by atoms with Crippen molar-refractivity contribution < 1.29 is 4.79 Å². The van der Waals surface area contributed by atoms with Crippen molar-refractivity contribution in [1.82, 2.24) is 4.90 Å². The lowest BCUT2D eigenvalue weighted by molar-refractivity contribution is 0.101. The van der Waals surface area contributed by atoms with Crippen LogP contribution in [0, 0.1) is 0 Å². The van der Waals surface area contributed by atoms with Crippen LogP contribution in [0.3, 0.4) is 0 Å². The third kappa shape index (κ3) is 3.28. The average Bonchev–Trinajstić information content (AvgIpc) is 2.38. The van der Waals surface area contributed by atoms with Crippen LogP contribution >= 0.6 is 11.6 Å². The van der Waals surface area contributed by atoms with E-state index in [4.69, 9.17) is 11.6 Å². The van der Waals surface area contributed by atoms with E-state index in [0.29, 0.717) is 16.6 Å². The number of carbonyl (C=O) groups excluding carboxylic acids is 1. The smallest absolute Gasteiger partial charge is 0.161 e. The number of carbonyl (C=O) groups is 1. The molecule has 3 nitrogen and oxygen atoms in total. The molecule has 0 amide bonds. The molecular formula is C15H21ClN2O. The Kier molecular flexibility index (Phi) is 4.48. The van der Waals surface area contributed by atoms with Crippen LogP contribution < -0.4 is 4.90 Å². The van der Waals surface area contributed by atoms with E-state index in [1.165, 1.54) is 12.8 Å². The second-order valence-electron chi connectivity index (χ2n) is 5.37. The van der Waals surface area contributed by atoms with E-state index in [-0.39, 0.29) is 5.78 Å². The minimum absolute atomic E-state index is 0.0125. The van der Waals surface area contributed by atoms with Crippen LogP contribution in [0.2, 0.25) is 5.02 Å². The normalized spacial score (nSPS) is 17.5. The molecule has 1 aliphatic rings. The number of anilines is 1. The number of likely N-dealkylation sites (tertiary alicyclic amines) is 1. The number of hydrogen-bond acceptors (Lipinski definition) is 3. The van der Waals surface area contributed by atoms with Crippen molar-refractivity contribution in [2.75, 3.05) is 32.1 Å². The van der Waals surface area contributed by atoms with E-state index >= 15 is 0 Å². The maximum Gasteiger partial charge on any atom is 0.161 e. The lowest BCUT2D eigenvalue weighted by atomic mass is 10.0. The van der Waals surface area contributed by atoms with E-state index in [2.05, 4.69) is 23.9 Å². The van der Waals surface area contributed by atoms with Gasteiger partial charge in [-0.05, 0) is 58.1 Å². The molecule has 0 aliphatic carbocycles. The number of hydrogen-bond donors (Lipinski definition) is 0. The molecule has 0 atom stereocenters. The molecule has 19 heavy (non-hydrogen) atoms. The molecule has 0 N–H and O–H groups in total. The zero-order chi connectivity index (χ0) is 14.0. The van der Waals surface area contributed by atoms with Crippen LogP contribution in [-0.2, 0) is 0 Å². The minimum atomic E-state index is 0.0125. The molecule has 2 rings (SSSR count). The largest absolute Gasteiger partial charge is 0.371 e. The van der Waals surface area contributed by atoms with E-state index in [1.54, 1.807) is 6.92 Å². The summed E-state index contributed by atoms with van der Waals surface area (Å²) in [6.45, 7) is 3.81. The van der Waals surface area contributed by atoms with Gasteiger partial charge in [-0.3, -0.25) is 4.79 Å². The summed E-state index contributed by atoms with van der Waals surface area (Å²) < 4.78 is 0. The van der Waals surface area contributed by atoms with E-state index in [0.717, 1.165) is 18.8 Å². The van der Waals surface area contributed by atoms with Crippen molar-refractivity contribution in [3.05, 3.63) is 28.8 Å². The van der Waals surface area contributed by atoms with Gasteiger partial charge in [0.1, 0.15) is 0 Å². The van der Waals surface area contributed by atoms with Gasteiger partial charge in [0.2, 0.25) is 0 Å². The maximum absolute atomic E-state index is 11.4. The van der Waals surface area contributed by atoms with Crippen LogP contribution in [0.4, 0.5) is 5.69 Å². The quantitative estimate of drug-likeness (QED) is 0.795. The fraction of sp³-hybridized carbons (Fsp3) is 0.533. The first-order valence-corrected chi connectivity index (χ1v) is 7.08. The Labute approximate surface area is 120 Å².